The van der Waals surface area contributed by atoms with Gasteiger partial charge in [-0.2, -0.15) is 0 Å². The van der Waals surface area contributed by atoms with Crippen LogP contribution in [0.4, 0.5) is 0 Å². The molecule has 1 atom stereocenters. The molecule has 0 amide bonds. The molecule has 3 N–H and O–H groups in total. The van der Waals surface area contributed by atoms with Crippen molar-refractivity contribution in [1.29, 1.82) is 0 Å². The molecule has 4 heteroatoms. The lowest BCUT2D eigenvalue weighted by molar-refractivity contribution is -0.141. The number of hydrogen-bond acceptors (Lipinski definition) is 3. The van der Waals surface area contributed by atoms with Gasteiger partial charge in [-0.05, 0) is 5.41 Å². The van der Waals surface area contributed by atoms with Crippen molar-refractivity contribution in [2.75, 3.05) is 0 Å². The Hall–Kier alpha value is -2.46. The molecule has 0 aliphatic carbocycles. The summed E-state index contributed by atoms with van der Waals surface area (Å²) >= 11 is 0. The summed E-state index contributed by atoms with van der Waals surface area (Å²) < 4.78 is 0. The zero-order valence-corrected chi connectivity index (χ0v) is 13.7. The fourth-order valence-corrected chi connectivity index (χ4v) is 1.72. The highest BCUT2D eigenvalue weighted by Crippen LogP contribution is 2.16. The van der Waals surface area contributed by atoms with Crippen molar-refractivity contribution < 1.29 is 14.7 Å². The number of benzene rings is 2. The van der Waals surface area contributed by atoms with Crippen molar-refractivity contribution in [1.82, 2.24) is 0 Å². The van der Waals surface area contributed by atoms with Crippen LogP contribution in [0.3, 0.4) is 0 Å². The van der Waals surface area contributed by atoms with E-state index in [1.54, 1.807) is 20.8 Å². The third-order valence-corrected chi connectivity index (χ3v) is 3.27. The van der Waals surface area contributed by atoms with Crippen LogP contribution in [0.2, 0.25) is 0 Å². The SMILES string of the molecule is CC(C)(C)C(N)C(=O)O.O=C(c1ccccc1)c1ccccc1. The molecule has 2 aromatic rings. The average Bonchev–Trinajstić information content (AvgIpc) is 2.54. The molecule has 0 aliphatic heterocycles. The molecule has 1 unspecified atom stereocenters. The minimum absolute atomic E-state index is 0.0752. The van der Waals surface area contributed by atoms with E-state index in [9.17, 15) is 9.59 Å². The molecule has 2 rings (SSSR count). The second-order valence-electron chi connectivity index (χ2n) is 6.24. The fraction of sp³-hybridized carbons (Fsp3) is 0.263. The first-order valence-electron chi connectivity index (χ1n) is 7.36. The summed E-state index contributed by atoms with van der Waals surface area (Å²) in [6, 6.07) is 17.8. The Morgan fingerprint density at radius 1 is 0.870 bits per heavy atom. The van der Waals surface area contributed by atoms with Gasteiger partial charge in [-0.3, -0.25) is 9.59 Å². The van der Waals surface area contributed by atoms with Gasteiger partial charge in [-0.1, -0.05) is 81.4 Å². The lowest BCUT2D eigenvalue weighted by Crippen LogP contribution is -2.41. The van der Waals surface area contributed by atoms with E-state index in [1.807, 2.05) is 60.7 Å². The molecule has 0 saturated heterocycles. The van der Waals surface area contributed by atoms with Gasteiger partial charge in [-0.25, -0.2) is 0 Å². The number of hydrogen-bond donors (Lipinski definition) is 2. The maximum atomic E-state index is 11.8. The van der Waals surface area contributed by atoms with E-state index < -0.39 is 12.0 Å². The minimum Gasteiger partial charge on any atom is -0.480 e. The first-order valence-corrected chi connectivity index (χ1v) is 7.36. The number of carbonyl (C=O) groups is 2. The Morgan fingerprint density at radius 3 is 1.43 bits per heavy atom. The van der Waals surface area contributed by atoms with Crippen molar-refractivity contribution in [3.63, 3.8) is 0 Å². The van der Waals surface area contributed by atoms with Crippen LogP contribution in [-0.2, 0) is 4.79 Å². The van der Waals surface area contributed by atoms with Gasteiger partial charge in [0.25, 0.3) is 0 Å². The number of carboxylic acids is 1. The number of carboxylic acid groups (broad SMARTS) is 1. The van der Waals surface area contributed by atoms with E-state index in [0.717, 1.165) is 11.1 Å². The summed E-state index contributed by atoms with van der Waals surface area (Å²) in [5.41, 5.74) is 6.42. The number of ketones is 1. The molecule has 0 bridgehead atoms. The molecule has 0 radical (unpaired) electrons. The second kappa shape index (κ2) is 8.25. The van der Waals surface area contributed by atoms with E-state index in [4.69, 9.17) is 10.8 Å². The van der Waals surface area contributed by atoms with Crippen molar-refractivity contribution >= 4 is 11.8 Å². The van der Waals surface area contributed by atoms with Gasteiger partial charge in [0, 0.05) is 11.1 Å². The summed E-state index contributed by atoms with van der Waals surface area (Å²) in [5, 5.41) is 8.39. The van der Waals surface area contributed by atoms with Gasteiger partial charge in [0.05, 0.1) is 0 Å². The van der Waals surface area contributed by atoms with Gasteiger partial charge < -0.3 is 10.8 Å². The number of rotatable bonds is 3. The maximum Gasteiger partial charge on any atom is 0.321 e. The van der Waals surface area contributed by atoms with Gasteiger partial charge in [-0.15, -0.1) is 0 Å². The van der Waals surface area contributed by atoms with Crippen LogP contribution >= 0.6 is 0 Å². The Kier molecular flexibility index (Phi) is 6.66. The molecule has 0 saturated carbocycles. The minimum atomic E-state index is -0.942. The molecule has 0 heterocycles. The number of aliphatic carboxylic acids is 1. The van der Waals surface area contributed by atoms with Crippen LogP contribution in [0.15, 0.2) is 60.7 Å². The molecule has 0 spiro atoms. The number of nitrogens with two attached hydrogens (primary N) is 1. The zero-order chi connectivity index (χ0) is 17.5. The highest BCUT2D eigenvalue weighted by molar-refractivity contribution is 6.08. The topological polar surface area (TPSA) is 80.4 Å². The maximum absolute atomic E-state index is 11.8. The van der Waals surface area contributed by atoms with Gasteiger partial charge >= 0.3 is 5.97 Å². The Balaban J connectivity index is 0.000000257. The normalized spacial score (nSPS) is 11.8. The highest BCUT2D eigenvalue weighted by Gasteiger charge is 2.26. The molecular weight excluding hydrogens is 290 g/mol. The third kappa shape index (κ3) is 6.04. The standard InChI is InChI=1S/C13H10O.C6H13NO2/c14-13(11-7-3-1-4-8-11)12-9-5-2-6-10-12;1-6(2,3)4(7)5(8)9/h1-10H;4H,7H2,1-3H3,(H,8,9). The fourth-order valence-electron chi connectivity index (χ4n) is 1.72. The summed E-state index contributed by atoms with van der Waals surface area (Å²) in [6.45, 7) is 5.39. The summed E-state index contributed by atoms with van der Waals surface area (Å²) in [5.74, 6) is -0.867. The van der Waals surface area contributed by atoms with Gasteiger partial charge in [0.1, 0.15) is 6.04 Å². The molecule has 4 nitrogen and oxygen atoms in total. The van der Waals surface area contributed by atoms with Crippen LogP contribution in [0.5, 0.6) is 0 Å². The number of carbonyl (C=O) groups excluding carboxylic acids is 1. The average molecular weight is 313 g/mol. The Bertz CT molecular complexity index is 589. The molecule has 122 valence electrons. The van der Waals surface area contributed by atoms with Crippen LogP contribution in [0, 0.1) is 5.41 Å². The smallest absolute Gasteiger partial charge is 0.321 e. The molecule has 0 aromatic heterocycles. The zero-order valence-electron chi connectivity index (χ0n) is 13.7. The lowest BCUT2D eigenvalue weighted by Gasteiger charge is -2.22. The monoisotopic (exact) mass is 313 g/mol. The van der Waals surface area contributed by atoms with Crippen molar-refractivity contribution in [3.8, 4) is 0 Å². The predicted molar refractivity (Wildman–Crippen MR) is 91.4 cm³/mol. The second-order valence-corrected chi connectivity index (χ2v) is 6.24. The van der Waals surface area contributed by atoms with Crippen molar-refractivity contribution in [2.24, 2.45) is 11.1 Å². The lowest BCUT2D eigenvalue weighted by atomic mass is 9.88. The quantitative estimate of drug-likeness (QED) is 0.851. The predicted octanol–water partition coefficient (Wildman–Crippen LogP) is 3.36. The van der Waals surface area contributed by atoms with E-state index in [2.05, 4.69) is 0 Å². The van der Waals surface area contributed by atoms with E-state index in [0.29, 0.717) is 0 Å². The molecule has 23 heavy (non-hydrogen) atoms. The molecule has 0 fully saturated rings. The van der Waals surface area contributed by atoms with Crippen LogP contribution in [0.1, 0.15) is 36.7 Å². The van der Waals surface area contributed by atoms with E-state index >= 15 is 0 Å². The van der Waals surface area contributed by atoms with Crippen LogP contribution in [-0.4, -0.2) is 22.9 Å². The van der Waals surface area contributed by atoms with Crippen molar-refractivity contribution in [2.45, 2.75) is 26.8 Å². The summed E-state index contributed by atoms with van der Waals surface area (Å²) in [4.78, 5) is 22.1. The Labute approximate surface area is 137 Å². The first kappa shape index (κ1) is 18.6. The molecule has 0 aliphatic rings. The summed E-state index contributed by atoms with van der Waals surface area (Å²) in [7, 11) is 0. The largest absolute Gasteiger partial charge is 0.480 e. The van der Waals surface area contributed by atoms with Gasteiger partial charge in [0.2, 0.25) is 0 Å². The van der Waals surface area contributed by atoms with E-state index in [-0.39, 0.29) is 11.2 Å². The highest BCUT2D eigenvalue weighted by atomic mass is 16.4. The van der Waals surface area contributed by atoms with Crippen molar-refractivity contribution in [3.05, 3.63) is 71.8 Å². The third-order valence-electron chi connectivity index (χ3n) is 3.27. The Morgan fingerprint density at radius 2 is 1.22 bits per heavy atom. The summed E-state index contributed by atoms with van der Waals surface area (Å²) in [6.07, 6.45) is 0. The first-order chi connectivity index (χ1) is 10.7. The van der Waals surface area contributed by atoms with E-state index in [1.165, 1.54) is 0 Å². The molecular formula is C19H23NO3. The van der Waals surface area contributed by atoms with Crippen LogP contribution < -0.4 is 5.73 Å². The van der Waals surface area contributed by atoms with Crippen LogP contribution in [0.25, 0.3) is 0 Å². The van der Waals surface area contributed by atoms with Gasteiger partial charge in [0.15, 0.2) is 5.78 Å². The molecule has 2 aromatic carbocycles.